The summed E-state index contributed by atoms with van der Waals surface area (Å²) < 4.78 is 3.45. The standard InChI is InChI=1S/C11H10N4OS4/c1-2-17-10-13-14-11(20-10)19-6-7-5-8(16)15-3-4-18-9(15)12-7/h3-5H,2,6H2,1H3. The van der Waals surface area contributed by atoms with Crippen molar-refractivity contribution in [2.45, 2.75) is 21.4 Å². The molecule has 9 heteroatoms. The Morgan fingerprint density at radius 3 is 2.90 bits per heavy atom. The number of hydrogen-bond acceptors (Lipinski definition) is 8. The van der Waals surface area contributed by atoms with Crippen LogP contribution in [-0.4, -0.2) is 25.3 Å². The van der Waals surface area contributed by atoms with Gasteiger partial charge in [-0.3, -0.25) is 9.20 Å². The molecule has 0 radical (unpaired) electrons. The molecule has 0 aliphatic heterocycles. The first-order valence-corrected chi connectivity index (χ1v) is 9.48. The van der Waals surface area contributed by atoms with E-state index in [4.69, 9.17) is 0 Å². The van der Waals surface area contributed by atoms with E-state index < -0.39 is 0 Å². The van der Waals surface area contributed by atoms with Crippen molar-refractivity contribution in [3.63, 3.8) is 0 Å². The Labute approximate surface area is 131 Å². The number of thiazole rings is 1. The second-order valence-corrected chi connectivity index (χ2v) is 8.28. The summed E-state index contributed by atoms with van der Waals surface area (Å²) in [6.07, 6.45) is 1.74. The van der Waals surface area contributed by atoms with Crippen LogP contribution in [0.3, 0.4) is 0 Å². The Balaban J connectivity index is 1.74. The molecule has 0 spiro atoms. The van der Waals surface area contributed by atoms with Crippen LogP contribution in [-0.2, 0) is 5.75 Å². The third-order valence-corrected chi connectivity index (χ3v) is 6.22. The van der Waals surface area contributed by atoms with Crippen molar-refractivity contribution >= 4 is 51.2 Å². The lowest BCUT2D eigenvalue weighted by molar-refractivity contribution is 0.953. The number of nitrogens with zero attached hydrogens (tertiary/aromatic N) is 4. The molecule has 0 atom stereocenters. The van der Waals surface area contributed by atoms with E-state index in [-0.39, 0.29) is 5.56 Å². The third kappa shape index (κ3) is 3.05. The third-order valence-electron chi connectivity index (χ3n) is 2.36. The van der Waals surface area contributed by atoms with Crippen LogP contribution in [0.25, 0.3) is 4.96 Å². The van der Waals surface area contributed by atoms with Gasteiger partial charge in [0.15, 0.2) is 13.6 Å². The number of hydrogen-bond donors (Lipinski definition) is 0. The summed E-state index contributed by atoms with van der Waals surface area (Å²) in [7, 11) is 0. The second-order valence-electron chi connectivity index (χ2n) is 3.70. The molecule has 3 aromatic heterocycles. The zero-order valence-corrected chi connectivity index (χ0v) is 13.7. The van der Waals surface area contributed by atoms with Gasteiger partial charge in [-0.1, -0.05) is 41.8 Å². The summed E-state index contributed by atoms with van der Waals surface area (Å²) in [5.41, 5.74) is 0.744. The van der Waals surface area contributed by atoms with E-state index >= 15 is 0 Å². The van der Waals surface area contributed by atoms with Crippen molar-refractivity contribution < 1.29 is 0 Å². The van der Waals surface area contributed by atoms with Crippen LogP contribution in [0.15, 0.2) is 31.1 Å². The summed E-state index contributed by atoms with van der Waals surface area (Å²) in [6, 6.07) is 1.58. The van der Waals surface area contributed by atoms with Crippen LogP contribution < -0.4 is 5.56 Å². The fourth-order valence-electron chi connectivity index (χ4n) is 1.53. The summed E-state index contributed by atoms with van der Waals surface area (Å²) in [5, 5.41) is 10.1. The maximum absolute atomic E-state index is 11.9. The lowest BCUT2D eigenvalue weighted by Crippen LogP contribution is -2.12. The molecule has 0 saturated heterocycles. The van der Waals surface area contributed by atoms with Crippen LogP contribution in [0.5, 0.6) is 0 Å². The highest BCUT2D eigenvalue weighted by Gasteiger charge is 2.07. The van der Waals surface area contributed by atoms with Gasteiger partial charge in [0.25, 0.3) is 5.56 Å². The monoisotopic (exact) mass is 342 g/mol. The molecule has 0 aliphatic carbocycles. The first-order valence-electron chi connectivity index (χ1n) is 5.81. The molecule has 20 heavy (non-hydrogen) atoms. The van der Waals surface area contributed by atoms with Crippen molar-refractivity contribution in [1.82, 2.24) is 19.6 Å². The Kier molecular flexibility index (Phi) is 4.39. The fourth-order valence-corrected chi connectivity index (χ4v) is 5.08. The van der Waals surface area contributed by atoms with Gasteiger partial charge < -0.3 is 0 Å². The van der Waals surface area contributed by atoms with Gasteiger partial charge >= 0.3 is 0 Å². The van der Waals surface area contributed by atoms with Gasteiger partial charge in [0.2, 0.25) is 0 Å². The molecule has 0 aliphatic rings. The van der Waals surface area contributed by atoms with Gasteiger partial charge in [-0.2, -0.15) is 0 Å². The number of fused-ring (bicyclic) bond motifs is 1. The smallest absolute Gasteiger partial charge is 0.258 e. The Hall–Kier alpha value is -0.900. The molecule has 0 N–H and O–H groups in total. The van der Waals surface area contributed by atoms with Crippen molar-refractivity contribution in [2.24, 2.45) is 0 Å². The van der Waals surface area contributed by atoms with Gasteiger partial charge in [-0.25, -0.2) is 4.98 Å². The molecular formula is C11H10N4OS4. The van der Waals surface area contributed by atoms with Crippen molar-refractivity contribution in [1.29, 1.82) is 0 Å². The van der Waals surface area contributed by atoms with Gasteiger partial charge in [0, 0.05) is 23.4 Å². The maximum atomic E-state index is 11.9. The summed E-state index contributed by atoms with van der Waals surface area (Å²) in [6.45, 7) is 2.09. The average Bonchev–Trinajstić information content (AvgIpc) is 3.06. The predicted octanol–water partition coefficient (Wildman–Crippen LogP) is 3.01. The number of thioether (sulfide) groups is 2. The highest BCUT2D eigenvalue weighted by molar-refractivity contribution is 8.02. The largest absolute Gasteiger partial charge is 0.269 e. The zero-order valence-electron chi connectivity index (χ0n) is 10.5. The Morgan fingerprint density at radius 1 is 1.30 bits per heavy atom. The van der Waals surface area contributed by atoms with Crippen molar-refractivity contribution in [3.05, 3.63) is 33.7 Å². The van der Waals surface area contributed by atoms with Crippen LogP contribution in [0, 0.1) is 0 Å². The van der Waals surface area contributed by atoms with Crippen LogP contribution >= 0.6 is 46.2 Å². The summed E-state index contributed by atoms with van der Waals surface area (Å²) in [4.78, 5) is 17.0. The molecule has 0 unspecified atom stereocenters. The molecule has 0 amide bonds. The van der Waals surface area contributed by atoms with Gasteiger partial charge in [-0.05, 0) is 5.75 Å². The topological polar surface area (TPSA) is 60.2 Å². The zero-order chi connectivity index (χ0) is 13.9. The minimum absolute atomic E-state index is 0.0358. The highest BCUT2D eigenvalue weighted by Crippen LogP contribution is 2.30. The number of rotatable bonds is 5. The normalized spacial score (nSPS) is 11.2. The molecule has 104 valence electrons. The SMILES string of the molecule is CCSc1nnc(SCc2cc(=O)n3ccsc3n2)s1. The molecule has 0 bridgehead atoms. The summed E-state index contributed by atoms with van der Waals surface area (Å²) >= 11 is 6.30. The Morgan fingerprint density at radius 2 is 2.10 bits per heavy atom. The van der Waals surface area contributed by atoms with E-state index in [0.717, 1.165) is 25.1 Å². The molecule has 3 aromatic rings. The van der Waals surface area contributed by atoms with E-state index in [1.807, 2.05) is 5.38 Å². The highest BCUT2D eigenvalue weighted by atomic mass is 32.2. The average molecular weight is 342 g/mol. The van der Waals surface area contributed by atoms with Gasteiger partial charge in [0.1, 0.15) is 0 Å². The molecule has 0 aromatic carbocycles. The maximum Gasteiger partial charge on any atom is 0.258 e. The van der Waals surface area contributed by atoms with Crippen LogP contribution in [0.2, 0.25) is 0 Å². The first-order chi connectivity index (χ1) is 9.76. The Bertz CT molecular complexity index is 778. The molecule has 5 nitrogen and oxygen atoms in total. The summed E-state index contributed by atoms with van der Waals surface area (Å²) in [5.74, 6) is 1.63. The minimum Gasteiger partial charge on any atom is -0.269 e. The molecule has 3 rings (SSSR count). The lowest BCUT2D eigenvalue weighted by atomic mass is 10.4. The minimum atomic E-state index is -0.0358. The fraction of sp³-hybridized carbons (Fsp3) is 0.273. The predicted molar refractivity (Wildman–Crippen MR) is 85.2 cm³/mol. The van der Waals surface area contributed by atoms with Crippen molar-refractivity contribution in [3.8, 4) is 0 Å². The molecule has 0 saturated carbocycles. The van der Waals surface area contributed by atoms with Gasteiger partial charge in [0.05, 0.1) is 5.69 Å². The molecular weight excluding hydrogens is 332 g/mol. The second kappa shape index (κ2) is 6.25. The number of aromatic nitrogens is 4. The van der Waals surface area contributed by atoms with E-state index in [9.17, 15) is 4.79 Å². The van der Waals surface area contributed by atoms with Gasteiger partial charge in [-0.15, -0.1) is 21.5 Å². The van der Waals surface area contributed by atoms with E-state index in [1.165, 1.54) is 11.3 Å². The lowest BCUT2D eigenvalue weighted by Gasteiger charge is -1.98. The first kappa shape index (κ1) is 14.1. The van der Waals surface area contributed by atoms with E-state index in [2.05, 4.69) is 22.1 Å². The molecule has 0 fully saturated rings. The van der Waals surface area contributed by atoms with Crippen LogP contribution in [0.4, 0.5) is 0 Å². The van der Waals surface area contributed by atoms with E-state index in [0.29, 0.717) is 5.75 Å². The van der Waals surface area contributed by atoms with Crippen molar-refractivity contribution in [2.75, 3.05) is 5.75 Å². The van der Waals surface area contributed by atoms with E-state index in [1.54, 1.807) is 51.5 Å². The molecule has 3 heterocycles. The van der Waals surface area contributed by atoms with Crippen LogP contribution in [0.1, 0.15) is 12.6 Å². The quantitative estimate of drug-likeness (QED) is 0.664.